The number of halogens is 1. The molecular weight excluding hydrogens is 324 g/mol. The van der Waals surface area contributed by atoms with Gasteiger partial charge in [-0.25, -0.2) is 4.79 Å². The highest BCUT2D eigenvalue weighted by atomic mass is 35.5. The third-order valence-corrected chi connectivity index (χ3v) is 4.42. The van der Waals surface area contributed by atoms with Crippen molar-refractivity contribution in [3.63, 3.8) is 0 Å². The minimum Gasteiger partial charge on any atom is -0.493 e. The van der Waals surface area contributed by atoms with E-state index in [0.717, 1.165) is 5.56 Å². The van der Waals surface area contributed by atoms with Gasteiger partial charge in [0.15, 0.2) is 0 Å². The molecule has 0 spiro atoms. The first-order valence-corrected chi connectivity index (χ1v) is 8.47. The summed E-state index contributed by atoms with van der Waals surface area (Å²) in [5.74, 6) is 0.373. The second-order valence-corrected chi connectivity index (χ2v) is 6.61. The highest BCUT2D eigenvalue weighted by molar-refractivity contribution is 7.84. The molecule has 0 amide bonds. The Morgan fingerprint density at radius 1 is 1.18 bits per heavy atom. The molecule has 0 aromatic heterocycles. The van der Waals surface area contributed by atoms with E-state index in [9.17, 15) is 9.00 Å². The molecule has 2 rings (SSSR count). The van der Waals surface area contributed by atoms with Crippen molar-refractivity contribution in [3.05, 3.63) is 64.7 Å². The first-order chi connectivity index (χ1) is 10.5. The van der Waals surface area contributed by atoms with Crippen LogP contribution < -0.4 is 4.74 Å². The molecular formula is C16H15ClO4S. The normalized spacial score (nSPS) is 11.9. The van der Waals surface area contributed by atoms with Crippen molar-refractivity contribution in [1.29, 1.82) is 0 Å². The van der Waals surface area contributed by atoms with Crippen LogP contribution >= 0.6 is 11.6 Å². The second-order valence-electron chi connectivity index (χ2n) is 4.60. The van der Waals surface area contributed by atoms with Gasteiger partial charge in [-0.1, -0.05) is 23.7 Å². The summed E-state index contributed by atoms with van der Waals surface area (Å²) in [6, 6.07) is 13.4. The van der Waals surface area contributed by atoms with Crippen molar-refractivity contribution in [3.8, 4) is 5.75 Å². The van der Waals surface area contributed by atoms with E-state index in [1.165, 1.54) is 6.07 Å². The van der Waals surface area contributed by atoms with Crippen LogP contribution in [0.4, 0.5) is 0 Å². The van der Waals surface area contributed by atoms with E-state index in [1.54, 1.807) is 42.5 Å². The number of hydrogen-bond acceptors (Lipinski definition) is 3. The van der Waals surface area contributed by atoms with E-state index >= 15 is 0 Å². The van der Waals surface area contributed by atoms with Gasteiger partial charge in [-0.3, -0.25) is 4.21 Å². The fourth-order valence-electron chi connectivity index (χ4n) is 1.84. The Kier molecular flexibility index (Phi) is 5.98. The van der Waals surface area contributed by atoms with Crippen LogP contribution in [-0.4, -0.2) is 27.6 Å². The molecule has 0 aliphatic rings. The van der Waals surface area contributed by atoms with Crippen LogP contribution in [0.2, 0.25) is 5.02 Å². The molecule has 0 bridgehead atoms. The second kappa shape index (κ2) is 7.96. The number of hydrogen-bond donors (Lipinski definition) is 1. The predicted octanol–water partition coefficient (Wildman–Crippen LogP) is 3.37. The summed E-state index contributed by atoms with van der Waals surface area (Å²) in [4.78, 5) is 10.9. The van der Waals surface area contributed by atoms with Gasteiger partial charge >= 0.3 is 5.97 Å². The van der Waals surface area contributed by atoms with Crippen molar-refractivity contribution >= 4 is 28.4 Å². The minimum absolute atomic E-state index is 0.201. The summed E-state index contributed by atoms with van der Waals surface area (Å²) in [6.07, 6.45) is 0. The van der Waals surface area contributed by atoms with Crippen LogP contribution in [0.25, 0.3) is 0 Å². The summed E-state index contributed by atoms with van der Waals surface area (Å²) in [6.45, 7) is 0.326. The monoisotopic (exact) mass is 338 g/mol. The molecule has 4 nitrogen and oxygen atoms in total. The summed E-state index contributed by atoms with van der Waals surface area (Å²) in [5.41, 5.74) is 0.941. The molecule has 22 heavy (non-hydrogen) atoms. The molecule has 1 unspecified atom stereocenters. The Morgan fingerprint density at radius 2 is 1.91 bits per heavy atom. The van der Waals surface area contributed by atoms with E-state index in [-0.39, 0.29) is 5.56 Å². The van der Waals surface area contributed by atoms with Crippen LogP contribution in [0.5, 0.6) is 5.75 Å². The van der Waals surface area contributed by atoms with Crippen molar-refractivity contribution < 1.29 is 18.8 Å². The van der Waals surface area contributed by atoms with Gasteiger partial charge < -0.3 is 9.84 Å². The number of carbonyl (C=O) groups is 1. The average molecular weight is 339 g/mol. The largest absolute Gasteiger partial charge is 0.493 e. The molecule has 0 heterocycles. The van der Waals surface area contributed by atoms with Crippen molar-refractivity contribution in [2.24, 2.45) is 0 Å². The maximum atomic E-state index is 12.0. The third kappa shape index (κ3) is 5.16. The molecule has 0 aliphatic heterocycles. The van der Waals surface area contributed by atoms with Crippen LogP contribution in [0.1, 0.15) is 15.9 Å². The van der Waals surface area contributed by atoms with E-state index in [4.69, 9.17) is 21.4 Å². The van der Waals surface area contributed by atoms with Gasteiger partial charge in [-0.2, -0.15) is 0 Å². The summed E-state index contributed by atoms with van der Waals surface area (Å²) >= 11 is 5.78. The van der Waals surface area contributed by atoms with E-state index < -0.39 is 16.8 Å². The zero-order valence-electron chi connectivity index (χ0n) is 11.7. The Balaban J connectivity index is 1.81. The lowest BCUT2D eigenvalue weighted by molar-refractivity contribution is 0.0696. The molecule has 1 atom stereocenters. The third-order valence-electron chi connectivity index (χ3n) is 2.89. The van der Waals surface area contributed by atoms with Crippen LogP contribution in [0.3, 0.4) is 0 Å². The Labute approximate surface area is 136 Å². The topological polar surface area (TPSA) is 63.6 Å². The van der Waals surface area contributed by atoms with Gasteiger partial charge in [0.05, 0.1) is 17.9 Å². The van der Waals surface area contributed by atoms with Gasteiger partial charge in [-0.15, -0.1) is 0 Å². The van der Waals surface area contributed by atoms with E-state index in [0.29, 0.717) is 28.9 Å². The standard InChI is InChI=1S/C16H15ClO4S/c17-14-4-6-15(7-5-14)21-8-9-22(20)11-12-2-1-3-13(10-12)16(18)19/h1-7,10H,8-9,11H2,(H,18,19). The fraction of sp³-hybridized carbons (Fsp3) is 0.188. The lowest BCUT2D eigenvalue weighted by atomic mass is 10.1. The van der Waals surface area contributed by atoms with Crippen molar-refractivity contribution in [2.75, 3.05) is 12.4 Å². The molecule has 1 N–H and O–H groups in total. The summed E-state index contributed by atoms with van der Waals surface area (Å²) < 4.78 is 17.5. The molecule has 0 radical (unpaired) electrons. The number of carboxylic acid groups (broad SMARTS) is 1. The zero-order valence-corrected chi connectivity index (χ0v) is 13.3. The smallest absolute Gasteiger partial charge is 0.335 e. The quantitative estimate of drug-likeness (QED) is 0.840. The maximum Gasteiger partial charge on any atom is 0.335 e. The number of carboxylic acids is 1. The molecule has 2 aromatic rings. The molecule has 0 saturated carbocycles. The SMILES string of the molecule is O=C(O)c1cccc(CS(=O)CCOc2ccc(Cl)cc2)c1. The molecule has 116 valence electrons. The number of rotatable bonds is 7. The van der Waals surface area contributed by atoms with Crippen LogP contribution in [-0.2, 0) is 16.6 Å². The van der Waals surface area contributed by atoms with Crippen LogP contribution in [0, 0.1) is 0 Å². The minimum atomic E-state index is -1.11. The maximum absolute atomic E-state index is 12.0. The first kappa shape index (κ1) is 16.5. The molecule has 0 aliphatic carbocycles. The number of ether oxygens (including phenoxy) is 1. The summed E-state index contributed by atoms with van der Waals surface area (Å²) in [7, 11) is -1.11. The highest BCUT2D eigenvalue weighted by Gasteiger charge is 2.06. The zero-order chi connectivity index (χ0) is 15.9. The lowest BCUT2D eigenvalue weighted by Gasteiger charge is -2.07. The van der Waals surface area contributed by atoms with Gasteiger partial charge in [0.25, 0.3) is 0 Å². The lowest BCUT2D eigenvalue weighted by Crippen LogP contribution is -2.10. The fourth-order valence-corrected chi connectivity index (χ4v) is 2.93. The van der Waals surface area contributed by atoms with Crippen LogP contribution in [0.15, 0.2) is 48.5 Å². The predicted molar refractivity (Wildman–Crippen MR) is 87.1 cm³/mol. The van der Waals surface area contributed by atoms with Gasteiger partial charge in [-0.05, 0) is 42.0 Å². The molecule has 2 aromatic carbocycles. The van der Waals surface area contributed by atoms with E-state index in [1.807, 2.05) is 0 Å². The van der Waals surface area contributed by atoms with Gasteiger partial charge in [0.2, 0.25) is 0 Å². The van der Waals surface area contributed by atoms with Gasteiger partial charge in [0, 0.05) is 21.6 Å². The Bertz CT molecular complexity index is 670. The average Bonchev–Trinajstić information content (AvgIpc) is 2.49. The number of benzene rings is 2. The molecule has 0 saturated heterocycles. The van der Waals surface area contributed by atoms with Crippen molar-refractivity contribution in [1.82, 2.24) is 0 Å². The molecule has 6 heteroatoms. The number of aromatic carboxylic acids is 1. The van der Waals surface area contributed by atoms with E-state index in [2.05, 4.69) is 0 Å². The summed E-state index contributed by atoms with van der Waals surface area (Å²) in [5, 5.41) is 9.56. The van der Waals surface area contributed by atoms with Crippen molar-refractivity contribution in [2.45, 2.75) is 5.75 Å². The van der Waals surface area contributed by atoms with Gasteiger partial charge in [0.1, 0.15) is 5.75 Å². The Morgan fingerprint density at radius 3 is 2.59 bits per heavy atom. The Hall–Kier alpha value is -1.85. The highest BCUT2D eigenvalue weighted by Crippen LogP contribution is 2.15. The molecule has 0 fully saturated rings. The first-order valence-electron chi connectivity index (χ1n) is 6.60.